The summed E-state index contributed by atoms with van der Waals surface area (Å²) in [5.41, 5.74) is 2.64. The lowest BCUT2D eigenvalue weighted by molar-refractivity contribution is 0.104. The minimum Gasteiger partial charge on any atom is -0.507 e. The van der Waals surface area contributed by atoms with Gasteiger partial charge in [-0.05, 0) is 43.7 Å². The Labute approximate surface area is 178 Å². The van der Waals surface area contributed by atoms with Crippen LogP contribution < -0.4 is 4.74 Å². The average Bonchev–Trinajstić information content (AvgIpc) is 2.74. The number of aromatic hydroxyl groups is 2. The number of methoxy groups -OCH3 is 1. The highest BCUT2D eigenvalue weighted by Crippen LogP contribution is 2.49. The van der Waals surface area contributed by atoms with E-state index in [-0.39, 0.29) is 23.0 Å². The second kappa shape index (κ2) is 9.66. The van der Waals surface area contributed by atoms with E-state index in [1.165, 1.54) is 24.8 Å². The van der Waals surface area contributed by atoms with Crippen molar-refractivity contribution in [3.63, 3.8) is 0 Å². The van der Waals surface area contributed by atoms with E-state index in [0.717, 1.165) is 31.2 Å². The van der Waals surface area contributed by atoms with Crippen LogP contribution in [0, 0.1) is 5.92 Å². The molecule has 4 heteroatoms. The van der Waals surface area contributed by atoms with Gasteiger partial charge in [0.15, 0.2) is 5.78 Å². The van der Waals surface area contributed by atoms with Gasteiger partial charge in [-0.25, -0.2) is 0 Å². The van der Waals surface area contributed by atoms with E-state index in [1.54, 1.807) is 6.08 Å². The normalized spacial score (nSPS) is 19.0. The quantitative estimate of drug-likeness (QED) is 0.324. The molecule has 3 rings (SSSR count). The zero-order valence-corrected chi connectivity index (χ0v) is 17.9. The predicted molar refractivity (Wildman–Crippen MR) is 120 cm³/mol. The molecule has 0 saturated heterocycles. The van der Waals surface area contributed by atoms with E-state index < -0.39 is 5.78 Å². The molecule has 2 aromatic carbocycles. The van der Waals surface area contributed by atoms with Gasteiger partial charge in [-0.3, -0.25) is 4.79 Å². The standard InChI is InChI=1S/C26H30O4/c1-4-8-19-13-11-17(2)15-20(19)24-23(30-3)16-22(28)25(26(24)29)21(27)14-12-18-9-6-5-7-10-18/h5-7,9-10,12,14-16,19-20,28-29H,4,8,11,13H2,1-3H3. The molecule has 0 heterocycles. The van der Waals surface area contributed by atoms with Gasteiger partial charge in [0.2, 0.25) is 0 Å². The zero-order chi connectivity index (χ0) is 21.7. The van der Waals surface area contributed by atoms with Crippen LogP contribution in [0.1, 0.15) is 66.9 Å². The zero-order valence-electron chi connectivity index (χ0n) is 17.9. The van der Waals surface area contributed by atoms with Crippen LogP contribution in [0.3, 0.4) is 0 Å². The Morgan fingerprint density at radius 1 is 1.23 bits per heavy atom. The summed E-state index contributed by atoms with van der Waals surface area (Å²) in [5, 5.41) is 21.7. The first-order valence-electron chi connectivity index (χ1n) is 10.5. The molecule has 2 atom stereocenters. The second-order valence-electron chi connectivity index (χ2n) is 7.97. The molecule has 2 N–H and O–H groups in total. The number of ketones is 1. The molecule has 2 unspecified atom stereocenters. The van der Waals surface area contributed by atoms with Crippen LogP contribution in [-0.4, -0.2) is 23.1 Å². The fraction of sp³-hybridized carbons (Fsp3) is 0.346. The molecule has 0 radical (unpaired) electrons. The van der Waals surface area contributed by atoms with Crippen molar-refractivity contribution in [3.8, 4) is 17.2 Å². The number of carbonyl (C=O) groups excluding carboxylic acids is 1. The molecule has 0 bridgehead atoms. The highest BCUT2D eigenvalue weighted by atomic mass is 16.5. The van der Waals surface area contributed by atoms with E-state index in [1.807, 2.05) is 30.3 Å². The number of ether oxygens (including phenoxy) is 1. The molecule has 4 nitrogen and oxygen atoms in total. The van der Waals surface area contributed by atoms with Crippen molar-refractivity contribution >= 4 is 11.9 Å². The molecule has 0 aliphatic heterocycles. The van der Waals surface area contributed by atoms with Crippen LogP contribution >= 0.6 is 0 Å². The van der Waals surface area contributed by atoms with Crippen molar-refractivity contribution in [3.05, 3.63) is 70.8 Å². The minimum atomic E-state index is -0.443. The Balaban J connectivity index is 2.07. The number of phenols is 2. The van der Waals surface area contributed by atoms with Gasteiger partial charge in [-0.2, -0.15) is 0 Å². The van der Waals surface area contributed by atoms with Gasteiger partial charge in [-0.1, -0.05) is 61.4 Å². The molecule has 30 heavy (non-hydrogen) atoms. The Bertz CT molecular complexity index is 957. The summed E-state index contributed by atoms with van der Waals surface area (Å²) in [7, 11) is 1.52. The molecule has 0 saturated carbocycles. The summed E-state index contributed by atoms with van der Waals surface area (Å²) < 4.78 is 5.51. The molecular weight excluding hydrogens is 376 g/mol. The maximum Gasteiger partial charge on any atom is 0.193 e. The van der Waals surface area contributed by atoms with Crippen LogP contribution in [0.2, 0.25) is 0 Å². The lowest BCUT2D eigenvalue weighted by Crippen LogP contribution is -2.17. The van der Waals surface area contributed by atoms with Crippen molar-refractivity contribution in [1.82, 2.24) is 0 Å². The lowest BCUT2D eigenvalue weighted by atomic mass is 9.74. The van der Waals surface area contributed by atoms with Gasteiger partial charge in [0.1, 0.15) is 22.8 Å². The van der Waals surface area contributed by atoms with Crippen LogP contribution in [0.4, 0.5) is 0 Å². The van der Waals surface area contributed by atoms with Gasteiger partial charge in [-0.15, -0.1) is 0 Å². The summed E-state index contributed by atoms with van der Waals surface area (Å²) in [5.74, 6) is -0.206. The third-order valence-corrected chi connectivity index (χ3v) is 5.85. The Kier molecular flexibility index (Phi) is 6.99. The highest BCUT2D eigenvalue weighted by Gasteiger charge is 2.32. The predicted octanol–water partition coefficient (Wildman–Crippen LogP) is 6.24. The van der Waals surface area contributed by atoms with E-state index in [2.05, 4.69) is 19.9 Å². The van der Waals surface area contributed by atoms with Crippen molar-refractivity contribution in [2.45, 2.75) is 45.4 Å². The number of allylic oxidation sites excluding steroid dienone is 3. The van der Waals surface area contributed by atoms with E-state index in [9.17, 15) is 15.0 Å². The van der Waals surface area contributed by atoms with Crippen LogP contribution in [-0.2, 0) is 0 Å². The molecule has 1 aliphatic rings. The number of benzene rings is 2. The maximum absolute atomic E-state index is 12.9. The topological polar surface area (TPSA) is 66.8 Å². The molecule has 2 aromatic rings. The fourth-order valence-electron chi connectivity index (χ4n) is 4.33. The third kappa shape index (κ3) is 4.59. The Morgan fingerprint density at radius 2 is 1.97 bits per heavy atom. The Hall–Kier alpha value is -3.01. The molecule has 0 aromatic heterocycles. The summed E-state index contributed by atoms with van der Waals surface area (Å²) in [4.78, 5) is 12.9. The van der Waals surface area contributed by atoms with Gasteiger partial charge < -0.3 is 14.9 Å². The Morgan fingerprint density at radius 3 is 2.63 bits per heavy atom. The number of rotatable bonds is 7. The van der Waals surface area contributed by atoms with Crippen LogP contribution in [0.15, 0.2) is 54.1 Å². The molecular formula is C26H30O4. The van der Waals surface area contributed by atoms with E-state index in [0.29, 0.717) is 17.2 Å². The summed E-state index contributed by atoms with van der Waals surface area (Å²) in [6, 6.07) is 10.9. The van der Waals surface area contributed by atoms with E-state index in [4.69, 9.17) is 4.74 Å². The van der Waals surface area contributed by atoms with Crippen LogP contribution in [0.5, 0.6) is 17.2 Å². The monoisotopic (exact) mass is 406 g/mol. The average molecular weight is 407 g/mol. The minimum absolute atomic E-state index is 0.0566. The number of hydrogen-bond acceptors (Lipinski definition) is 4. The van der Waals surface area contributed by atoms with Crippen molar-refractivity contribution in [2.24, 2.45) is 5.92 Å². The lowest BCUT2D eigenvalue weighted by Gasteiger charge is -2.31. The SMILES string of the molecule is CCCC1CCC(C)=CC1c1c(OC)cc(O)c(C(=O)C=Cc2ccccc2)c1O. The van der Waals surface area contributed by atoms with Crippen molar-refractivity contribution in [1.29, 1.82) is 0 Å². The number of carbonyl (C=O) groups is 1. The van der Waals surface area contributed by atoms with Gasteiger partial charge >= 0.3 is 0 Å². The van der Waals surface area contributed by atoms with E-state index >= 15 is 0 Å². The molecule has 1 aliphatic carbocycles. The van der Waals surface area contributed by atoms with Crippen molar-refractivity contribution < 1.29 is 19.7 Å². The first kappa shape index (κ1) is 21.7. The molecule has 0 fully saturated rings. The third-order valence-electron chi connectivity index (χ3n) is 5.85. The molecule has 158 valence electrons. The summed E-state index contributed by atoms with van der Waals surface area (Å²) in [6.45, 7) is 4.24. The second-order valence-corrected chi connectivity index (χ2v) is 7.97. The van der Waals surface area contributed by atoms with Gasteiger partial charge in [0.25, 0.3) is 0 Å². The number of phenolic OH excluding ortho intramolecular Hbond substituents is 2. The largest absolute Gasteiger partial charge is 0.507 e. The summed E-state index contributed by atoms with van der Waals surface area (Å²) >= 11 is 0. The molecule has 0 amide bonds. The first-order chi connectivity index (χ1) is 14.5. The first-order valence-corrected chi connectivity index (χ1v) is 10.5. The smallest absolute Gasteiger partial charge is 0.193 e. The highest BCUT2D eigenvalue weighted by molar-refractivity contribution is 6.11. The summed E-state index contributed by atoms with van der Waals surface area (Å²) in [6.07, 6.45) is 9.36. The molecule has 0 spiro atoms. The van der Waals surface area contributed by atoms with Gasteiger partial charge in [0.05, 0.1) is 7.11 Å². The number of hydrogen-bond donors (Lipinski definition) is 2. The van der Waals surface area contributed by atoms with Crippen molar-refractivity contribution in [2.75, 3.05) is 7.11 Å². The maximum atomic E-state index is 12.9. The fourth-order valence-corrected chi connectivity index (χ4v) is 4.33. The van der Waals surface area contributed by atoms with Crippen LogP contribution in [0.25, 0.3) is 6.08 Å². The van der Waals surface area contributed by atoms with Gasteiger partial charge in [0, 0.05) is 17.5 Å².